The second kappa shape index (κ2) is 11.4. The number of rotatable bonds is 7. The first-order chi connectivity index (χ1) is 17.7. The van der Waals surface area contributed by atoms with E-state index in [9.17, 15) is 22.8 Å². The van der Waals surface area contributed by atoms with Gasteiger partial charge in [0.2, 0.25) is 0 Å². The molecule has 1 aliphatic heterocycles. The van der Waals surface area contributed by atoms with Crippen LogP contribution < -0.4 is 15.4 Å². The summed E-state index contributed by atoms with van der Waals surface area (Å²) in [6.07, 6.45) is -0.375. The highest BCUT2D eigenvalue weighted by molar-refractivity contribution is 6.07. The molecular weight excluding hydrogens is 487 g/mol. The molecule has 0 radical (unpaired) electrons. The second-order valence-corrected chi connectivity index (χ2v) is 8.66. The van der Waals surface area contributed by atoms with Gasteiger partial charge in [-0.2, -0.15) is 13.2 Å². The molecule has 0 spiro atoms. The molecule has 0 aliphatic carbocycles. The Morgan fingerprint density at radius 1 is 1.03 bits per heavy atom. The summed E-state index contributed by atoms with van der Waals surface area (Å²) in [5.74, 6) is -0.255. The molecule has 0 saturated carbocycles. The smallest absolute Gasteiger partial charge is 0.416 e. The molecule has 4 rings (SSSR count). The molecule has 2 heterocycles. The highest BCUT2D eigenvalue weighted by Crippen LogP contribution is 2.30. The number of alkyl halides is 3. The largest absolute Gasteiger partial charge is 0.497 e. The van der Waals surface area contributed by atoms with E-state index in [-0.39, 0.29) is 17.6 Å². The van der Waals surface area contributed by atoms with Crippen molar-refractivity contribution in [2.75, 3.05) is 25.5 Å². The Bertz CT molecular complexity index is 1240. The Hall–Kier alpha value is -3.99. The first kappa shape index (κ1) is 26.1. The molecule has 1 aromatic heterocycles. The number of benzene rings is 2. The van der Waals surface area contributed by atoms with E-state index in [4.69, 9.17) is 4.74 Å². The molecule has 2 amide bonds. The van der Waals surface area contributed by atoms with Gasteiger partial charge in [0, 0.05) is 43.6 Å². The van der Waals surface area contributed by atoms with Gasteiger partial charge < -0.3 is 15.4 Å². The van der Waals surface area contributed by atoms with Gasteiger partial charge in [-0.05, 0) is 48.7 Å². The first-order valence-corrected chi connectivity index (χ1v) is 11.7. The van der Waals surface area contributed by atoms with Gasteiger partial charge in [-0.25, -0.2) is 9.97 Å². The summed E-state index contributed by atoms with van der Waals surface area (Å²) in [7, 11) is 1.53. The van der Waals surface area contributed by atoms with Gasteiger partial charge in [-0.1, -0.05) is 18.2 Å². The minimum Gasteiger partial charge on any atom is -0.497 e. The van der Waals surface area contributed by atoms with Gasteiger partial charge >= 0.3 is 6.18 Å². The van der Waals surface area contributed by atoms with Crippen LogP contribution in [0, 0.1) is 0 Å². The quantitative estimate of drug-likeness (QED) is 0.493. The van der Waals surface area contributed by atoms with E-state index in [1.54, 1.807) is 30.3 Å². The van der Waals surface area contributed by atoms with Crippen LogP contribution in [0.3, 0.4) is 0 Å². The van der Waals surface area contributed by atoms with Crippen molar-refractivity contribution in [3.05, 3.63) is 83.3 Å². The number of carbonyl (C=O) groups excluding carboxylic acids is 2. The average Bonchev–Trinajstić information content (AvgIpc) is 2.90. The van der Waals surface area contributed by atoms with Crippen molar-refractivity contribution in [2.45, 2.75) is 31.6 Å². The average molecular weight is 514 g/mol. The summed E-state index contributed by atoms with van der Waals surface area (Å²) in [6.45, 7) is 1.63. The monoisotopic (exact) mass is 513 g/mol. The summed E-state index contributed by atoms with van der Waals surface area (Å²) >= 11 is 0. The van der Waals surface area contributed by atoms with Crippen molar-refractivity contribution in [3.8, 4) is 5.75 Å². The normalized spacial score (nSPS) is 14.7. The Balaban J connectivity index is 1.32. The van der Waals surface area contributed by atoms with E-state index < -0.39 is 23.6 Å². The summed E-state index contributed by atoms with van der Waals surface area (Å²) in [6, 6.07) is 11.7. The van der Waals surface area contributed by atoms with Crippen molar-refractivity contribution < 1.29 is 27.5 Å². The number of hydrogen-bond donors (Lipinski definition) is 2. The molecule has 37 heavy (non-hydrogen) atoms. The molecule has 0 unspecified atom stereocenters. The zero-order chi connectivity index (χ0) is 26.4. The number of piperidine rings is 1. The maximum absolute atomic E-state index is 13.0. The van der Waals surface area contributed by atoms with Gasteiger partial charge in [0.1, 0.15) is 5.75 Å². The molecule has 1 fully saturated rings. The molecule has 0 atom stereocenters. The van der Waals surface area contributed by atoms with Crippen LogP contribution in [0.5, 0.6) is 5.75 Å². The number of carbonyl (C=O) groups is 2. The van der Waals surface area contributed by atoms with E-state index in [0.29, 0.717) is 49.4 Å². The Labute approximate surface area is 211 Å². The van der Waals surface area contributed by atoms with Gasteiger partial charge in [0.05, 0.1) is 12.7 Å². The van der Waals surface area contributed by atoms with Crippen LogP contribution in [0.2, 0.25) is 0 Å². The molecule has 1 saturated heterocycles. The zero-order valence-electron chi connectivity index (χ0n) is 20.1. The van der Waals surface area contributed by atoms with Gasteiger partial charge in [0.15, 0.2) is 11.5 Å². The molecule has 2 aromatic carbocycles. The standard InChI is InChI=1S/C26H26F3N5O3/c1-37-21-7-5-18(6-8-21)24(35)33-23-22(30-11-12-31-23)25(36)32-20-9-13-34(14-10-20)16-17-3-2-4-19(15-17)26(27,28)29/h2-8,11-12,15,20H,9-10,13-14,16H2,1H3,(H,32,36)(H,31,33,35). The van der Waals surface area contributed by atoms with E-state index in [0.717, 1.165) is 6.07 Å². The number of nitrogens with zero attached hydrogens (tertiary/aromatic N) is 3. The number of hydrogen-bond acceptors (Lipinski definition) is 6. The molecule has 8 nitrogen and oxygen atoms in total. The lowest BCUT2D eigenvalue weighted by Gasteiger charge is -2.32. The van der Waals surface area contributed by atoms with Crippen molar-refractivity contribution in [1.82, 2.24) is 20.2 Å². The van der Waals surface area contributed by atoms with Crippen LogP contribution in [0.25, 0.3) is 0 Å². The molecule has 2 N–H and O–H groups in total. The van der Waals surface area contributed by atoms with Crippen LogP contribution in [-0.4, -0.2) is 52.9 Å². The van der Waals surface area contributed by atoms with E-state index in [1.165, 1.54) is 31.6 Å². The highest BCUT2D eigenvalue weighted by Gasteiger charge is 2.30. The predicted octanol–water partition coefficient (Wildman–Crippen LogP) is 4.15. The van der Waals surface area contributed by atoms with Crippen molar-refractivity contribution in [3.63, 3.8) is 0 Å². The summed E-state index contributed by atoms with van der Waals surface area (Å²) < 4.78 is 44.0. The van der Waals surface area contributed by atoms with Crippen LogP contribution in [0.15, 0.2) is 60.9 Å². The van der Waals surface area contributed by atoms with Gasteiger partial charge in [-0.15, -0.1) is 0 Å². The number of methoxy groups -OCH3 is 1. The maximum atomic E-state index is 13.0. The fourth-order valence-electron chi connectivity index (χ4n) is 4.11. The van der Waals surface area contributed by atoms with Crippen molar-refractivity contribution in [1.29, 1.82) is 0 Å². The third kappa shape index (κ3) is 6.82. The molecule has 3 aromatic rings. The Morgan fingerprint density at radius 3 is 2.41 bits per heavy atom. The second-order valence-electron chi connectivity index (χ2n) is 8.66. The lowest BCUT2D eigenvalue weighted by molar-refractivity contribution is -0.137. The molecule has 1 aliphatic rings. The third-order valence-electron chi connectivity index (χ3n) is 6.08. The number of nitrogens with one attached hydrogen (secondary N) is 2. The lowest BCUT2D eigenvalue weighted by atomic mass is 10.0. The van der Waals surface area contributed by atoms with E-state index in [1.807, 2.05) is 0 Å². The highest BCUT2D eigenvalue weighted by atomic mass is 19.4. The number of ether oxygens (including phenoxy) is 1. The van der Waals surface area contributed by atoms with Crippen molar-refractivity contribution >= 4 is 17.6 Å². The molecular formula is C26H26F3N5O3. The fourth-order valence-corrected chi connectivity index (χ4v) is 4.11. The summed E-state index contributed by atoms with van der Waals surface area (Å²) in [5, 5.41) is 5.56. The first-order valence-electron chi connectivity index (χ1n) is 11.7. The third-order valence-corrected chi connectivity index (χ3v) is 6.08. The summed E-state index contributed by atoms with van der Waals surface area (Å²) in [4.78, 5) is 35.8. The molecule has 194 valence electrons. The Morgan fingerprint density at radius 2 is 1.73 bits per heavy atom. The van der Waals surface area contributed by atoms with Crippen LogP contribution in [-0.2, 0) is 12.7 Å². The topological polar surface area (TPSA) is 96.5 Å². The van der Waals surface area contributed by atoms with Gasteiger partial charge in [0.25, 0.3) is 11.8 Å². The SMILES string of the molecule is COc1ccc(C(=O)Nc2nccnc2C(=O)NC2CCN(Cc3cccc(C(F)(F)F)c3)CC2)cc1. The van der Waals surface area contributed by atoms with E-state index in [2.05, 4.69) is 25.5 Å². The summed E-state index contributed by atoms with van der Waals surface area (Å²) in [5.41, 5.74) is 0.293. The molecule has 0 bridgehead atoms. The maximum Gasteiger partial charge on any atom is 0.416 e. The van der Waals surface area contributed by atoms with Crippen LogP contribution in [0.1, 0.15) is 44.8 Å². The lowest BCUT2D eigenvalue weighted by Crippen LogP contribution is -2.44. The number of halogens is 3. The van der Waals surface area contributed by atoms with Gasteiger partial charge in [-0.3, -0.25) is 14.5 Å². The van der Waals surface area contributed by atoms with Crippen molar-refractivity contribution in [2.24, 2.45) is 0 Å². The number of amides is 2. The fraction of sp³-hybridized carbons (Fsp3) is 0.308. The number of aromatic nitrogens is 2. The number of likely N-dealkylation sites (tertiary alicyclic amines) is 1. The zero-order valence-corrected chi connectivity index (χ0v) is 20.1. The predicted molar refractivity (Wildman–Crippen MR) is 130 cm³/mol. The van der Waals surface area contributed by atoms with Crippen LogP contribution in [0.4, 0.5) is 19.0 Å². The minimum atomic E-state index is -4.37. The van der Waals surface area contributed by atoms with Crippen LogP contribution >= 0.6 is 0 Å². The van der Waals surface area contributed by atoms with E-state index >= 15 is 0 Å². The molecule has 11 heteroatoms. The minimum absolute atomic E-state index is 0.00393. The number of anilines is 1. The Kier molecular flexibility index (Phi) is 8.02.